The number of hydrogen-bond acceptors (Lipinski definition) is 3. The topological polar surface area (TPSA) is 38.7 Å². The highest BCUT2D eigenvalue weighted by Gasteiger charge is 2.18. The molecule has 0 heterocycles. The maximum atomic E-state index is 10.7. The third kappa shape index (κ3) is 2.97. The summed E-state index contributed by atoms with van der Waals surface area (Å²) in [7, 11) is 3.20. The van der Waals surface area contributed by atoms with Crippen LogP contribution in [0.4, 0.5) is 0 Å². The molecule has 4 heteroatoms. The summed E-state index contributed by atoms with van der Waals surface area (Å²) >= 11 is 3.47. The van der Waals surface area contributed by atoms with Gasteiger partial charge in [-0.15, -0.1) is 0 Å². The van der Waals surface area contributed by atoms with E-state index in [9.17, 15) is 5.11 Å². The van der Waals surface area contributed by atoms with Crippen LogP contribution in [-0.2, 0) is 0 Å². The molecule has 0 fully saturated rings. The molecule has 0 spiro atoms. The van der Waals surface area contributed by atoms with E-state index >= 15 is 0 Å². The maximum absolute atomic E-state index is 10.7. The fraction of sp³-hybridized carbons (Fsp3) is 0.250. The van der Waals surface area contributed by atoms with Gasteiger partial charge in [-0.05, 0) is 37.3 Å². The summed E-state index contributed by atoms with van der Waals surface area (Å²) in [5, 5.41) is 10.7. The van der Waals surface area contributed by atoms with Gasteiger partial charge in [0, 0.05) is 15.6 Å². The minimum absolute atomic E-state index is 0.665. The van der Waals surface area contributed by atoms with Crippen LogP contribution in [0, 0.1) is 6.92 Å². The molecular weight excluding hydrogens is 320 g/mol. The van der Waals surface area contributed by atoms with E-state index in [0.29, 0.717) is 11.5 Å². The van der Waals surface area contributed by atoms with Gasteiger partial charge in [-0.3, -0.25) is 0 Å². The molecule has 0 bridgehead atoms. The van der Waals surface area contributed by atoms with E-state index in [-0.39, 0.29) is 0 Å². The van der Waals surface area contributed by atoms with Crippen LogP contribution in [0.25, 0.3) is 0 Å². The molecule has 1 unspecified atom stereocenters. The first kappa shape index (κ1) is 14.9. The highest BCUT2D eigenvalue weighted by Crippen LogP contribution is 2.35. The molecule has 0 amide bonds. The molecule has 0 aromatic heterocycles. The van der Waals surface area contributed by atoms with Gasteiger partial charge in [0.2, 0.25) is 0 Å². The number of aliphatic hydroxyl groups is 1. The molecule has 20 heavy (non-hydrogen) atoms. The third-order valence-electron chi connectivity index (χ3n) is 3.18. The molecule has 2 aromatic rings. The van der Waals surface area contributed by atoms with Crippen LogP contribution >= 0.6 is 15.9 Å². The van der Waals surface area contributed by atoms with Gasteiger partial charge in [-0.25, -0.2) is 0 Å². The van der Waals surface area contributed by atoms with E-state index in [1.165, 1.54) is 0 Å². The van der Waals surface area contributed by atoms with Crippen molar-refractivity contribution in [2.24, 2.45) is 0 Å². The lowest BCUT2D eigenvalue weighted by Crippen LogP contribution is -2.04. The molecular formula is C16H17BrO3. The summed E-state index contributed by atoms with van der Waals surface area (Å²) in [6, 6.07) is 11.3. The molecule has 106 valence electrons. The monoisotopic (exact) mass is 336 g/mol. The second-order valence-corrected chi connectivity index (χ2v) is 5.39. The largest absolute Gasteiger partial charge is 0.497 e. The van der Waals surface area contributed by atoms with Gasteiger partial charge in [-0.2, -0.15) is 0 Å². The molecule has 3 nitrogen and oxygen atoms in total. The van der Waals surface area contributed by atoms with Gasteiger partial charge in [0.1, 0.15) is 17.6 Å². The number of aryl methyl sites for hydroxylation is 1. The van der Waals surface area contributed by atoms with Crippen LogP contribution in [0.1, 0.15) is 22.8 Å². The van der Waals surface area contributed by atoms with Gasteiger partial charge in [0.25, 0.3) is 0 Å². The lowest BCUT2D eigenvalue weighted by atomic mass is 9.99. The Hall–Kier alpha value is -1.52. The van der Waals surface area contributed by atoms with Gasteiger partial charge in [0.15, 0.2) is 0 Å². The zero-order valence-electron chi connectivity index (χ0n) is 11.7. The van der Waals surface area contributed by atoms with E-state index in [0.717, 1.165) is 21.2 Å². The van der Waals surface area contributed by atoms with Crippen LogP contribution in [0.2, 0.25) is 0 Å². The highest BCUT2D eigenvalue weighted by atomic mass is 79.9. The van der Waals surface area contributed by atoms with Crippen LogP contribution in [0.15, 0.2) is 40.9 Å². The Bertz CT molecular complexity index is 611. The Morgan fingerprint density at radius 3 is 2.40 bits per heavy atom. The fourth-order valence-electron chi connectivity index (χ4n) is 2.09. The predicted molar refractivity (Wildman–Crippen MR) is 82.5 cm³/mol. The summed E-state index contributed by atoms with van der Waals surface area (Å²) in [5.74, 6) is 1.37. The average Bonchev–Trinajstić information content (AvgIpc) is 2.47. The van der Waals surface area contributed by atoms with Crippen molar-refractivity contribution in [2.45, 2.75) is 13.0 Å². The minimum Gasteiger partial charge on any atom is -0.497 e. The molecule has 2 rings (SSSR count). The summed E-state index contributed by atoms with van der Waals surface area (Å²) in [6.45, 7) is 1.98. The number of methoxy groups -OCH3 is 2. The fourth-order valence-corrected chi connectivity index (χ4v) is 2.56. The molecule has 0 radical (unpaired) electrons. The SMILES string of the molecule is COc1ccc(Br)c(C(O)c2cc(C)ccc2OC)c1. The Kier molecular flexibility index (Phi) is 4.68. The molecule has 0 aliphatic carbocycles. The highest BCUT2D eigenvalue weighted by molar-refractivity contribution is 9.10. The first-order valence-electron chi connectivity index (χ1n) is 6.23. The lowest BCUT2D eigenvalue weighted by molar-refractivity contribution is 0.213. The Balaban J connectivity index is 2.50. The smallest absolute Gasteiger partial charge is 0.125 e. The number of benzene rings is 2. The quantitative estimate of drug-likeness (QED) is 0.921. The molecule has 1 atom stereocenters. The molecule has 0 aliphatic rings. The Morgan fingerprint density at radius 1 is 1.00 bits per heavy atom. The Morgan fingerprint density at radius 2 is 1.75 bits per heavy atom. The van der Waals surface area contributed by atoms with E-state index in [1.807, 2.05) is 43.3 Å². The van der Waals surface area contributed by atoms with Crippen molar-refractivity contribution < 1.29 is 14.6 Å². The van der Waals surface area contributed by atoms with Gasteiger partial charge < -0.3 is 14.6 Å². The number of aliphatic hydroxyl groups excluding tert-OH is 1. The molecule has 0 saturated heterocycles. The van der Waals surface area contributed by atoms with Crippen molar-refractivity contribution >= 4 is 15.9 Å². The lowest BCUT2D eigenvalue weighted by Gasteiger charge is -2.18. The van der Waals surface area contributed by atoms with Gasteiger partial charge in [0.05, 0.1) is 14.2 Å². The Labute approximate surface area is 127 Å². The van der Waals surface area contributed by atoms with Gasteiger partial charge in [-0.1, -0.05) is 27.6 Å². The summed E-state index contributed by atoms with van der Waals surface area (Å²) < 4.78 is 11.4. The van der Waals surface area contributed by atoms with Crippen LogP contribution in [-0.4, -0.2) is 19.3 Å². The summed E-state index contributed by atoms with van der Waals surface area (Å²) in [5.41, 5.74) is 2.55. The van der Waals surface area contributed by atoms with Crippen molar-refractivity contribution in [3.05, 3.63) is 57.6 Å². The number of hydrogen-bond donors (Lipinski definition) is 1. The molecule has 0 saturated carbocycles. The van der Waals surface area contributed by atoms with Crippen molar-refractivity contribution in [3.8, 4) is 11.5 Å². The predicted octanol–water partition coefficient (Wildman–Crippen LogP) is 3.86. The van der Waals surface area contributed by atoms with Crippen LogP contribution in [0.3, 0.4) is 0 Å². The second kappa shape index (κ2) is 6.29. The van der Waals surface area contributed by atoms with E-state index in [1.54, 1.807) is 14.2 Å². The maximum Gasteiger partial charge on any atom is 0.125 e. The van der Waals surface area contributed by atoms with E-state index in [4.69, 9.17) is 9.47 Å². The molecule has 2 aromatic carbocycles. The van der Waals surface area contributed by atoms with Crippen molar-refractivity contribution in [3.63, 3.8) is 0 Å². The number of ether oxygens (including phenoxy) is 2. The second-order valence-electron chi connectivity index (χ2n) is 4.54. The average molecular weight is 337 g/mol. The van der Waals surface area contributed by atoms with Crippen molar-refractivity contribution in [1.82, 2.24) is 0 Å². The summed E-state index contributed by atoms with van der Waals surface area (Å²) in [6.07, 6.45) is -0.783. The zero-order chi connectivity index (χ0) is 14.7. The standard InChI is InChI=1S/C16H17BrO3/c1-10-4-7-15(20-3)13(8-10)16(18)12-9-11(19-2)5-6-14(12)17/h4-9,16,18H,1-3H3. The first-order valence-corrected chi connectivity index (χ1v) is 7.02. The third-order valence-corrected chi connectivity index (χ3v) is 3.90. The number of halogens is 1. The van der Waals surface area contributed by atoms with Crippen molar-refractivity contribution in [2.75, 3.05) is 14.2 Å². The first-order chi connectivity index (χ1) is 9.56. The van der Waals surface area contributed by atoms with E-state index in [2.05, 4.69) is 15.9 Å². The molecule has 1 N–H and O–H groups in total. The van der Waals surface area contributed by atoms with Gasteiger partial charge >= 0.3 is 0 Å². The van der Waals surface area contributed by atoms with Crippen LogP contribution in [0.5, 0.6) is 11.5 Å². The van der Waals surface area contributed by atoms with Crippen molar-refractivity contribution in [1.29, 1.82) is 0 Å². The number of rotatable bonds is 4. The summed E-state index contributed by atoms with van der Waals surface area (Å²) in [4.78, 5) is 0. The zero-order valence-corrected chi connectivity index (χ0v) is 13.3. The normalized spacial score (nSPS) is 12.1. The van der Waals surface area contributed by atoms with Crippen LogP contribution < -0.4 is 9.47 Å². The van der Waals surface area contributed by atoms with E-state index < -0.39 is 6.10 Å². The minimum atomic E-state index is -0.783. The molecule has 0 aliphatic heterocycles.